The molecule has 0 spiro atoms. The van der Waals surface area contributed by atoms with Gasteiger partial charge in [0.2, 0.25) is 5.70 Å². The molecule has 0 aliphatic carbocycles. The van der Waals surface area contributed by atoms with Crippen LogP contribution in [-0.2, 0) is 4.79 Å². The summed E-state index contributed by atoms with van der Waals surface area (Å²) in [5, 5.41) is 19.5. The maximum Gasteiger partial charge on any atom is 0.303 e. The fourth-order valence-corrected chi connectivity index (χ4v) is 1.90. The number of aliphatic carboxylic acids is 1. The largest absolute Gasteiger partial charge is 0.481 e. The summed E-state index contributed by atoms with van der Waals surface area (Å²) in [7, 11) is 0. The molecule has 0 aromatic heterocycles. The number of carboxylic acids is 1. The number of unbranched alkanes of at least 4 members (excludes halogenated alkanes) is 2. The van der Waals surface area contributed by atoms with Gasteiger partial charge in [0.05, 0.1) is 4.92 Å². The van der Waals surface area contributed by atoms with Crippen LogP contribution in [0.25, 0.3) is 6.08 Å². The van der Waals surface area contributed by atoms with Crippen LogP contribution < -0.4 is 0 Å². The van der Waals surface area contributed by atoms with Crippen molar-refractivity contribution < 1.29 is 19.6 Å². The van der Waals surface area contributed by atoms with Crippen LogP contribution in [0.3, 0.4) is 0 Å². The van der Waals surface area contributed by atoms with Crippen LogP contribution >= 0.6 is 0 Å². The van der Waals surface area contributed by atoms with E-state index in [2.05, 4.69) is 0 Å². The first-order valence-electron chi connectivity index (χ1n) is 6.65. The molecule has 112 valence electrons. The highest BCUT2D eigenvalue weighted by Gasteiger charge is 2.12. The smallest absolute Gasteiger partial charge is 0.303 e. The van der Waals surface area contributed by atoms with E-state index >= 15 is 0 Å². The average molecular weight is 291 g/mol. The maximum absolute atomic E-state index is 11.0. The predicted molar refractivity (Wildman–Crippen MR) is 77.5 cm³/mol. The maximum atomic E-state index is 11.0. The molecule has 0 saturated carbocycles. The highest BCUT2D eigenvalue weighted by atomic mass is 16.6. The van der Waals surface area contributed by atoms with Crippen molar-refractivity contribution in [1.82, 2.24) is 0 Å². The minimum absolute atomic E-state index is 0.0274. The number of carboxylic acid groups (broad SMARTS) is 1. The highest BCUT2D eigenvalue weighted by Crippen LogP contribution is 2.17. The summed E-state index contributed by atoms with van der Waals surface area (Å²) in [6, 6.07) is 6.66. The Morgan fingerprint density at radius 3 is 2.33 bits per heavy atom. The summed E-state index contributed by atoms with van der Waals surface area (Å²) in [5.41, 5.74) is 0.951. The first-order valence-corrected chi connectivity index (χ1v) is 6.65. The Kier molecular flexibility index (Phi) is 6.80. The van der Waals surface area contributed by atoms with E-state index in [4.69, 9.17) is 5.11 Å². The number of nitro groups is 1. The molecule has 1 aromatic carbocycles. The Bertz CT molecular complexity index is 551. The minimum atomic E-state index is -0.861. The molecule has 0 aliphatic rings. The molecular weight excluding hydrogens is 274 g/mol. The zero-order valence-electron chi connectivity index (χ0n) is 11.5. The lowest BCUT2D eigenvalue weighted by Crippen LogP contribution is -2.00. The Labute approximate surface area is 122 Å². The van der Waals surface area contributed by atoms with Gasteiger partial charge in [-0.25, -0.2) is 0 Å². The van der Waals surface area contributed by atoms with Crippen molar-refractivity contribution in [3.05, 3.63) is 51.2 Å². The molecule has 0 radical (unpaired) electrons. The van der Waals surface area contributed by atoms with Crippen molar-refractivity contribution in [1.29, 1.82) is 0 Å². The monoisotopic (exact) mass is 291 g/mol. The Hall–Kier alpha value is -2.50. The number of benzene rings is 1. The van der Waals surface area contributed by atoms with E-state index in [-0.39, 0.29) is 18.5 Å². The molecule has 1 rings (SSSR count). The van der Waals surface area contributed by atoms with Gasteiger partial charge >= 0.3 is 5.97 Å². The third-order valence-corrected chi connectivity index (χ3v) is 3.00. The van der Waals surface area contributed by atoms with Crippen molar-refractivity contribution in [3.63, 3.8) is 0 Å². The zero-order chi connectivity index (χ0) is 15.7. The third-order valence-electron chi connectivity index (χ3n) is 3.00. The van der Waals surface area contributed by atoms with Gasteiger partial charge in [0.1, 0.15) is 0 Å². The van der Waals surface area contributed by atoms with Crippen LogP contribution in [0.5, 0.6) is 0 Å². The number of nitrogens with zero attached hydrogens (tertiary/aromatic N) is 1. The van der Waals surface area contributed by atoms with E-state index in [1.165, 1.54) is 6.08 Å². The molecule has 1 aromatic rings. The van der Waals surface area contributed by atoms with Crippen molar-refractivity contribution in [3.8, 4) is 0 Å². The number of rotatable bonds is 9. The van der Waals surface area contributed by atoms with Gasteiger partial charge in [0.15, 0.2) is 6.29 Å². The van der Waals surface area contributed by atoms with Gasteiger partial charge in [-0.1, -0.05) is 30.7 Å². The quantitative estimate of drug-likeness (QED) is 0.326. The first-order chi connectivity index (χ1) is 10.0. The van der Waals surface area contributed by atoms with Crippen molar-refractivity contribution in [2.45, 2.75) is 32.1 Å². The summed E-state index contributed by atoms with van der Waals surface area (Å²) in [5.74, 6) is -0.861. The molecule has 0 atom stereocenters. The van der Waals surface area contributed by atoms with Crippen molar-refractivity contribution in [2.75, 3.05) is 0 Å². The summed E-state index contributed by atoms with van der Waals surface area (Å²) in [6.45, 7) is 0. The fraction of sp³-hybridized carbons (Fsp3) is 0.333. The van der Waals surface area contributed by atoms with E-state index in [0.29, 0.717) is 36.7 Å². The van der Waals surface area contributed by atoms with E-state index in [1.807, 2.05) is 0 Å². The molecule has 0 amide bonds. The second kappa shape index (κ2) is 8.63. The number of hydrogen-bond acceptors (Lipinski definition) is 4. The second-order valence-corrected chi connectivity index (χ2v) is 4.59. The molecule has 0 unspecified atom stereocenters. The number of carbonyl (C=O) groups is 2. The summed E-state index contributed by atoms with van der Waals surface area (Å²) >= 11 is 0. The molecule has 6 nitrogen and oxygen atoms in total. The van der Waals surface area contributed by atoms with Crippen molar-refractivity contribution in [2.24, 2.45) is 0 Å². The van der Waals surface area contributed by atoms with Crippen LogP contribution in [0.2, 0.25) is 0 Å². The van der Waals surface area contributed by atoms with Crippen LogP contribution in [0.1, 0.15) is 48.0 Å². The van der Waals surface area contributed by atoms with E-state index < -0.39 is 10.9 Å². The van der Waals surface area contributed by atoms with Gasteiger partial charge in [-0.2, -0.15) is 0 Å². The summed E-state index contributed by atoms with van der Waals surface area (Å²) < 4.78 is 0. The van der Waals surface area contributed by atoms with Gasteiger partial charge in [0, 0.05) is 24.5 Å². The standard InChI is InChI=1S/C15H17NO5/c17-11-13-7-5-4-6-12(13)10-14(16(20)21)8-2-1-3-9-15(18)19/h4-7,10-11H,1-3,8-9H2,(H,18,19)/b14-10+. The van der Waals surface area contributed by atoms with E-state index in [9.17, 15) is 19.7 Å². The molecule has 1 N–H and O–H groups in total. The summed E-state index contributed by atoms with van der Waals surface area (Å²) in [6.07, 6.45) is 4.06. The van der Waals surface area contributed by atoms with E-state index in [0.717, 1.165) is 0 Å². The molecule has 0 aliphatic heterocycles. The van der Waals surface area contributed by atoms with Crippen LogP contribution in [0, 0.1) is 10.1 Å². The first kappa shape index (κ1) is 16.6. The third kappa shape index (κ3) is 5.99. The fourth-order valence-electron chi connectivity index (χ4n) is 1.90. The number of carbonyl (C=O) groups excluding carboxylic acids is 1. The normalized spacial score (nSPS) is 11.1. The second-order valence-electron chi connectivity index (χ2n) is 4.59. The molecule has 21 heavy (non-hydrogen) atoms. The lowest BCUT2D eigenvalue weighted by molar-refractivity contribution is -0.426. The number of aldehydes is 1. The molecule has 0 heterocycles. The summed E-state index contributed by atoms with van der Waals surface area (Å²) in [4.78, 5) is 31.8. The average Bonchev–Trinajstić information content (AvgIpc) is 2.45. The van der Waals surface area contributed by atoms with Crippen LogP contribution in [0.15, 0.2) is 30.0 Å². The topological polar surface area (TPSA) is 97.5 Å². The SMILES string of the molecule is O=Cc1ccccc1/C=C(\CCCCCC(=O)O)[N+](=O)[O-]. The molecular formula is C15H17NO5. The van der Waals surface area contributed by atoms with Crippen molar-refractivity contribution >= 4 is 18.3 Å². The Morgan fingerprint density at radius 2 is 1.76 bits per heavy atom. The predicted octanol–water partition coefficient (Wildman–Crippen LogP) is 3.15. The number of hydrogen-bond donors (Lipinski definition) is 1. The molecule has 0 saturated heterocycles. The molecule has 0 bridgehead atoms. The minimum Gasteiger partial charge on any atom is -0.481 e. The van der Waals surface area contributed by atoms with Gasteiger partial charge in [-0.05, 0) is 18.4 Å². The van der Waals surface area contributed by atoms with Gasteiger partial charge < -0.3 is 5.11 Å². The van der Waals surface area contributed by atoms with Crippen LogP contribution in [-0.4, -0.2) is 22.3 Å². The lowest BCUT2D eigenvalue weighted by atomic mass is 10.0. The van der Waals surface area contributed by atoms with Gasteiger partial charge in [0.25, 0.3) is 0 Å². The zero-order valence-corrected chi connectivity index (χ0v) is 11.5. The van der Waals surface area contributed by atoms with Crippen LogP contribution in [0.4, 0.5) is 0 Å². The molecule has 6 heteroatoms. The van der Waals surface area contributed by atoms with E-state index in [1.54, 1.807) is 24.3 Å². The Balaban J connectivity index is 2.68. The lowest BCUT2D eigenvalue weighted by Gasteiger charge is -2.01. The van der Waals surface area contributed by atoms with Gasteiger partial charge in [-0.3, -0.25) is 19.7 Å². The Morgan fingerprint density at radius 1 is 1.14 bits per heavy atom. The number of allylic oxidation sites excluding steroid dienone is 1. The highest BCUT2D eigenvalue weighted by molar-refractivity contribution is 5.81. The van der Waals surface area contributed by atoms with Gasteiger partial charge in [-0.15, -0.1) is 0 Å². The molecule has 0 fully saturated rings.